The number of hydrogen-bond donors (Lipinski definition) is 1. The number of piperidine rings is 1. The van der Waals surface area contributed by atoms with Gasteiger partial charge in [0.1, 0.15) is 0 Å². The molecule has 1 saturated heterocycles. The van der Waals surface area contributed by atoms with E-state index in [1.165, 1.54) is 32.4 Å². The first-order valence-corrected chi connectivity index (χ1v) is 7.18. The van der Waals surface area contributed by atoms with Gasteiger partial charge in [-0.05, 0) is 46.7 Å². The van der Waals surface area contributed by atoms with E-state index in [0.717, 1.165) is 12.5 Å². The van der Waals surface area contributed by atoms with Crippen LogP contribution in [0, 0.1) is 0 Å². The van der Waals surface area contributed by atoms with Gasteiger partial charge in [0.15, 0.2) is 0 Å². The van der Waals surface area contributed by atoms with Crippen LogP contribution in [0.1, 0.15) is 46.1 Å². The third-order valence-electron chi connectivity index (χ3n) is 3.58. The quantitative estimate of drug-likeness (QED) is 0.872. The molecule has 1 atom stereocenters. The number of likely N-dealkylation sites (tertiary alicyclic amines) is 1. The van der Waals surface area contributed by atoms with Crippen molar-refractivity contribution in [3.63, 3.8) is 0 Å². The average molecular weight is 250 g/mol. The zero-order valence-electron chi connectivity index (χ0n) is 11.9. The fourth-order valence-corrected chi connectivity index (χ4v) is 2.64. The van der Waals surface area contributed by atoms with E-state index in [1.54, 1.807) is 0 Å². The molecule has 4 heteroatoms. The van der Waals surface area contributed by atoms with Gasteiger partial charge < -0.3 is 14.8 Å². The molecule has 0 radical (unpaired) electrons. The lowest BCUT2D eigenvalue weighted by Crippen LogP contribution is -2.38. The number of rotatable bonds is 5. The van der Waals surface area contributed by atoms with Gasteiger partial charge in [-0.15, -0.1) is 0 Å². The Morgan fingerprint density at radius 1 is 1.22 bits per heavy atom. The molecule has 1 aromatic heterocycles. The minimum Gasteiger partial charge on any atom is -0.352 e. The fraction of sp³-hybridized carbons (Fsp3) is 0.786. The molecule has 1 aromatic rings. The molecule has 0 bridgehead atoms. The van der Waals surface area contributed by atoms with Crippen LogP contribution in [0.2, 0.25) is 0 Å². The Kier molecular flexibility index (Phi) is 4.64. The third kappa shape index (κ3) is 3.48. The Bertz CT molecular complexity index is 352. The summed E-state index contributed by atoms with van der Waals surface area (Å²) < 4.78 is 2.19. The predicted octanol–water partition coefficient (Wildman–Crippen LogP) is 2.75. The van der Waals surface area contributed by atoms with Crippen molar-refractivity contribution in [1.29, 1.82) is 0 Å². The van der Waals surface area contributed by atoms with Crippen LogP contribution in [0.5, 0.6) is 0 Å². The lowest BCUT2D eigenvalue weighted by molar-refractivity contribution is 0.223. The number of imidazole rings is 1. The summed E-state index contributed by atoms with van der Waals surface area (Å²) in [7, 11) is 0. The summed E-state index contributed by atoms with van der Waals surface area (Å²) >= 11 is 0. The Morgan fingerprint density at radius 3 is 2.61 bits per heavy atom. The number of hydrogen-bond acceptors (Lipinski definition) is 3. The third-order valence-corrected chi connectivity index (χ3v) is 3.58. The van der Waals surface area contributed by atoms with Crippen molar-refractivity contribution >= 4 is 5.95 Å². The Hall–Kier alpha value is -1.03. The smallest absolute Gasteiger partial charge is 0.203 e. The van der Waals surface area contributed by atoms with Gasteiger partial charge in [-0.3, -0.25) is 0 Å². The maximum Gasteiger partial charge on any atom is 0.203 e. The molecule has 1 unspecified atom stereocenters. The average Bonchev–Trinajstić information content (AvgIpc) is 2.78. The maximum absolute atomic E-state index is 4.40. The zero-order chi connectivity index (χ0) is 13.0. The van der Waals surface area contributed by atoms with Crippen LogP contribution in [0.4, 0.5) is 5.95 Å². The highest BCUT2D eigenvalue weighted by Gasteiger charge is 2.15. The minimum absolute atomic E-state index is 0.447. The van der Waals surface area contributed by atoms with Gasteiger partial charge in [-0.2, -0.15) is 0 Å². The molecule has 18 heavy (non-hydrogen) atoms. The molecule has 0 saturated carbocycles. The van der Waals surface area contributed by atoms with Crippen molar-refractivity contribution in [2.45, 2.75) is 52.1 Å². The van der Waals surface area contributed by atoms with Gasteiger partial charge in [0.05, 0.1) is 0 Å². The summed E-state index contributed by atoms with van der Waals surface area (Å²) in [6, 6.07) is 0.903. The first kappa shape index (κ1) is 13.4. The lowest BCUT2D eigenvalue weighted by Gasteiger charge is -2.29. The number of nitrogens with one attached hydrogen (secondary N) is 1. The van der Waals surface area contributed by atoms with Crippen LogP contribution in [0.3, 0.4) is 0 Å². The summed E-state index contributed by atoms with van der Waals surface area (Å²) in [5.41, 5.74) is 0. The molecule has 1 N–H and O–H groups in total. The highest BCUT2D eigenvalue weighted by atomic mass is 15.2. The van der Waals surface area contributed by atoms with E-state index < -0.39 is 0 Å². The van der Waals surface area contributed by atoms with Crippen LogP contribution in [0.25, 0.3) is 0 Å². The van der Waals surface area contributed by atoms with Gasteiger partial charge in [-0.25, -0.2) is 4.98 Å². The fourth-order valence-electron chi connectivity index (χ4n) is 2.64. The monoisotopic (exact) mass is 250 g/mol. The summed E-state index contributed by atoms with van der Waals surface area (Å²) in [6.07, 6.45) is 8.02. The molecule has 2 rings (SSSR count). The molecule has 4 nitrogen and oxygen atoms in total. The van der Waals surface area contributed by atoms with E-state index >= 15 is 0 Å². The second-order valence-corrected chi connectivity index (χ2v) is 5.66. The van der Waals surface area contributed by atoms with Crippen molar-refractivity contribution in [3.8, 4) is 0 Å². The predicted molar refractivity (Wildman–Crippen MR) is 76.0 cm³/mol. The van der Waals surface area contributed by atoms with E-state index in [-0.39, 0.29) is 0 Å². The topological polar surface area (TPSA) is 33.1 Å². The Labute approximate surface area is 110 Å². The largest absolute Gasteiger partial charge is 0.352 e. The van der Waals surface area contributed by atoms with E-state index in [0.29, 0.717) is 12.1 Å². The molecule has 0 aromatic carbocycles. The van der Waals surface area contributed by atoms with Gasteiger partial charge in [0.25, 0.3) is 0 Å². The van der Waals surface area contributed by atoms with Gasteiger partial charge in [-0.1, -0.05) is 6.42 Å². The molecule has 2 heterocycles. The first-order chi connectivity index (χ1) is 8.66. The summed E-state index contributed by atoms with van der Waals surface area (Å²) in [4.78, 5) is 6.96. The molecular formula is C14H26N4. The standard InChI is InChI=1S/C14H26N4/c1-12(2)18-10-7-15-14(18)16-13(3)11-17-8-5-4-6-9-17/h7,10,12-13H,4-6,8-9,11H2,1-3H3,(H,15,16). The maximum atomic E-state index is 4.40. The normalized spacial score (nSPS) is 19.1. The van der Waals surface area contributed by atoms with Crippen LogP contribution in [-0.2, 0) is 0 Å². The molecule has 1 aliphatic rings. The van der Waals surface area contributed by atoms with E-state index in [2.05, 4.69) is 40.5 Å². The summed E-state index contributed by atoms with van der Waals surface area (Å²) in [6.45, 7) is 10.2. The molecule has 102 valence electrons. The zero-order valence-corrected chi connectivity index (χ0v) is 11.9. The Morgan fingerprint density at radius 2 is 1.94 bits per heavy atom. The molecule has 1 aliphatic heterocycles. The van der Waals surface area contributed by atoms with Gasteiger partial charge in [0.2, 0.25) is 5.95 Å². The van der Waals surface area contributed by atoms with E-state index in [4.69, 9.17) is 0 Å². The van der Waals surface area contributed by atoms with Crippen molar-refractivity contribution in [2.75, 3.05) is 25.0 Å². The van der Waals surface area contributed by atoms with Crippen molar-refractivity contribution in [3.05, 3.63) is 12.4 Å². The molecular weight excluding hydrogens is 224 g/mol. The highest BCUT2D eigenvalue weighted by molar-refractivity contribution is 5.28. The lowest BCUT2D eigenvalue weighted by atomic mass is 10.1. The Balaban J connectivity index is 1.86. The van der Waals surface area contributed by atoms with E-state index in [9.17, 15) is 0 Å². The van der Waals surface area contributed by atoms with Crippen molar-refractivity contribution < 1.29 is 0 Å². The second-order valence-electron chi connectivity index (χ2n) is 5.66. The van der Waals surface area contributed by atoms with Crippen LogP contribution in [-0.4, -0.2) is 40.1 Å². The molecule has 1 fully saturated rings. The molecule has 0 aliphatic carbocycles. The number of anilines is 1. The van der Waals surface area contributed by atoms with E-state index in [1.807, 2.05) is 12.4 Å². The van der Waals surface area contributed by atoms with Gasteiger partial charge >= 0.3 is 0 Å². The highest BCUT2D eigenvalue weighted by Crippen LogP contribution is 2.14. The minimum atomic E-state index is 0.447. The molecule has 0 spiro atoms. The summed E-state index contributed by atoms with van der Waals surface area (Å²) in [5, 5.41) is 3.53. The molecule has 0 amide bonds. The van der Waals surface area contributed by atoms with Crippen LogP contribution in [0.15, 0.2) is 12.4 Å². The van der Waals surface area contributed by atoms with Gasteiger partial charge in [0, 0.05) is 31.0 Å². The number of nitrogens with zero attached hydrogens (tertiary/aromatic N) is 3. The van der Waals surface area contributed by atoms with Crippen LogP contribution >= 0.6 is 0 Å². The van der Waals surface area contributed by atoms with Crippen molar-refractivity contribution in [2.24, 2.45) is 0 Å². The SMILES string of the molecule is CC(CN1CCCCC1)Nc1nccn1C(C)C. The second kappa shape index (κ2) is 6.23. The number of aromatic nitrogens is 2. The van der Waals surface area contributed by atoms with Crippen molar-refractivity contribution in [1.82, 2.24) is 14.5 Å². The first-order valence-electron chi connectivity index (χ1n) is 7.18. The van der Waals surface area contributed by atoms with Crippen LogP contribution < -0.4 is 5.32 Å². The summed E-state index contributed by atoms with van der Waals surface area (Å²) in [5.74, 6) is 0.995.